The zero-order valence-electron chi connectivity index (χ0n) is 16.9. The van der Waals surface area contributed by atoms with Crippen molar-refractivity contribution in [3.63, 3.8) is 0 Å². The Kier molecular flexibility index (Phi) is 6.72. The van der Waals surface area contributed by atoms with E-state index in [1.54, 1.807) is 0 Å². The number of hydrogen-bond acceptors (Lipinski definition) is 12. The topological polar surface area (TPSA) is 218 Å². The van der Waals surface area contributed by atoms with Gasteiger partial charge in [-0.25, -0.2) is 4.79 Å². The smallest absolute Gasteiger partial charge is 0.377 e. The summed E-state index contributed by atoms with van der Waals surface area (Å²) in [7, 11) is 0. The molecule has 0 bridgehead atoms. The number of aliphatic hydroxyl groups is 5. The van der Waals surface area contributed by atoms with Crippen molar-refractivity contribution in [1.82, 2.24) is 0 Å². The molecule has 9 N–H and O–H groups in total. The summed E-state index contributed by atoms with van der Waals surface area (Å²) in [6, 6.07) is 6.67. The van der Waals surface area contributed by atoms with Crippen molar-refractivity contribution >= 4 is 5.97 Å². The molecule has 0 radical (unpaired) electrons. The van der Waals surface area contributed by atoms with Crippen LogP contribution in [0.2, 0.25) is 0 Å². The summed E-state index contributed by atoms with van der Waals surface area (Å²) in [4.78, 5) is 10.5. The van der Waals surface area contributed by atoms with E-state index < -0.39 is 48.5 Å². The highest BCUT2D eigenvalue weighted by Crippen LogP contribution is 2.42. The third-order valence-electron chi connectivity index (χ3n) is 4.99. The molecule has 4 atom stereocenters. The van der Waals surface area contributed by atoms with Crippen LogP contribution in [-0.2, 0) is 16.0 Å². The molecule has 12 heteroatoms. The standard InChI is InChI=1S/C15H14O6.C6H8O6/c16-8-4-11(18)9-6-13(20)15(21-14(9)5-8)7-1-2-10(17)12(19)3-7;7-1-2(8)5-3(9)4(10)6(11)12-5/h1-5,13,15-20H,6H2;2,5,7-10H,1H2/t13-,15-;2-,5+/m10/s1. The average molecular weight is 466 g/mol. The molecule has 178 valence electrons. The quantitative estimate of drug-likeness (QED) is 0.218. The molecule has 2 heterocycles. The molecule has 0 unspecified atom stereocenters. The second kappa shape index (κ2) is 9.32. The van der Waals surface area contributed by atoms with Gasteiger partial charge in [-0.3, -0.25) is 0 Å². The first-order valence-electron chi connectivity index (χ1n) is 9.56. The second-order valence-corrected chi connectivity index (χ2v) is 7.31. The summed E-state index contributed by atoms with van der Waals surface area (Å²) in [6.07, 6.45) is -4.34. The molecule has 0 amide bonds. The molecule has 0 aromatic heterocycles. The van der Waals surface area contributed by atoms with Gasteiger partial charge in [-0.05, 0) is 17.7 Å². The Morgan fingerprint density at radius 3 is 2.21 bits per heavy atom. The van der Waals surface area contributed by atoms with Crippen LogP contribution in [0.4, 0.5) is 0 Å². The van der Waals surface area contributed by atoms with Crippen LogP contribution in [0.15, 0.2) is 41.9 Å². The van der Waals surface area contributed by atoms with E-state index in [0.29, 0.717) is 11.1 Å². The number of carbonyl (C=O) groups is 1. The molecule has 0 spiro atoms. The van der Waals surface area contributed by atoms with Crippen LogP contribution in [0.3, 0.4) is 0 Å². The molecule has 0 saturated heterocycles. The Bertz CT molecular complexity index is 1080. The predicted octanol–water partition coefficient (Wildman–Crippen LogP) is 0.139. The maximum absolute atomic E-state index is 10.5. The molecule has 0 fully saturated rings. The average Bonchev–Trinajstić information content (AvgIpc) is 3.03. The highest BCUT2D eigenvalue weighted by Gasteiger charge is 2.38. The van der Waals surface area contributed by atoms with Crippen LogP contribution in [0, 0.1) is 0 Å². The van der Waals surface area contributed by atoms with Gasteiger partial charge in [0.1, 0.15) is 29.5 Å². The number of aromatic hydroxyl groups is 4. The minimum absolute atomic E-state index is 0.143. The lowest BCUT2D eigenvalue weighted by atomic mass is 9.94. The van der Waals surface area contributed by atoms with Gasteiger partial charge >= 0.3 is 5.97 Å². The molecule has 2 aromatic carbocycles. The largest absolute Gasteiger partial charge is 0.508 e. The first-order valence-corrected chi connectivity index (χ1v) is 9.56. The highest BCUT2D eigenvalue weighted by molar-refractivity contribution is 5.89. The Morgan fingerprint density at radius 2 is 1.64 bits per heavy atom. The predicted molar refractivity (Wildman–Crippen MR) is 108 cm³/mol. The van der Waals surface area contributed by atoms with Gasteiger partial charge in [0.25, 0.3) is 0 Å². The van der Waals surface area contributed by atoms with Crippen molar-refractivity contribution in [2.75, 3.05) is 6.61 Å². The van der Waals surface area contributed by atoms with Gasteiger partial charge in [-0.1, -0.05) is 6.07 Å². The maximum atomic E-state index is 10.5. The van der Waals surface area contributed by atoms with E-state index in [0.717, 1.165) is 0 Å². The fourth-order valence-corrected chi connectivity index (χ4v) is 3.29. The molecule has 2 aliphatic heterocycles. The number of esters is 1. The minimum atomic E-state index is -1.42. The number of aliphatic hydroxyl groups excluding tert-OH is 5. The van der Waals surface area contributed by atoms with Crippen LogP contribution < -0.4 is 4.74 Å². The number of phenols is 4. The van der Waals surface area contributed by atoms with Crippen LogP contribution >= 0.6 is 0 Å². The normalized spacial score (nSPS) is 22.5. The number of hydrogen-bond donors (Lipinski definition) is 9. The summed E-state index contributed by atoms with van der Waals surface area (Å²) in [5, 5.41) is 83.3. The van der Waals surface area contributed by atoms with Gasteiger partial charge in [0.05, 0.1) is 12.7 Å². The highest BCUT2D eigenvalue weighted by atomic mass is 16.6. The van der Waals surface area contributed by atoms with Crippen LogP contribution in [0.25, 0.3) is 0 Å². The van der Waals surface area contributed by atoms with E-state index in [-0.39, 0.29) is 35.2 Å². The van der Waals surface area contributed by atoms with Gasteiger partial charge in [0.2, 0.25) is 5.76 Å². The number of rotatable bonds is 3. The van der Waals surface area contributed by atoms with Crippen molar-refractivity contribution in [2.45, 2.75) is 30.8 Å². The van der Waals surface area contributed by atoms with Gasteiger partial charge in [-0.15, -0.1) is 0 Å². The Hall–Kier alpha value is -3.87. The number of cyclic esters (lactones) is 1. The molecule has 33 heavy (non-hydrogen) atoms. The lowest BCUT2D eigenvalue weighted by Gasteiger charge is -2.31. The Labute approximate surface area is 186 Å². The lowest BCUT2D eigenvalue weighted by Crippen LogP contribution is -2.31. The first kappa shape index (κ1) is 23.8. The third kappa shape index (κ3) is 4.82. The van der Waals surface area contributed by atoms with E-state index in [1.165, 1.54) is 30.3 Å². The van der Waals surface area contributed by atoms with E-state index in [2.05, 4.69) is 4.74 Å². The monoisotopic (exact) mass is 466 g/mol. The van der Waals surface area contributed by atoms with Crippen LogP contribution in [0.1, 0.15) is 17.2 Å². The Morgan fingerprint density at radius 1 is 0.939 bits per heavy atom. The maximum Gasteiger partial charge on any atom is 0.377 e. The number of fused-ring (bicyclic) bond motifs is 1. The number of benzene rings is 2. The SMILES string of the molecule is O=C1O[C@H]([C@@H](O)CO)C(O)=C1O.Oc1cc(O)c2c(c1)O[C@H](c1ccc(O)c(O)c1)[C@H](O)C2. The van der Waals surface area contributed by atoms with Crippen molar-refractivity contribution < 1.29 is 60.2 Å². The van der Waals surface area contributed by atoms with Crippen molar-refractivity contribution in [2.24, 2.45) is 0 Å². The van der Waals surface area contributed by atoms with E-state index in [4.69, 9.17) is 25.2 Å². The summed E-state index contributed by atoms with van der Waals surface area (Å²) in [6.45, 7) is -0.671. The van der Waals surface area contributed by atoms with E-state index >= 15 is 0 Å². The molecule has 12 nitrogen and oxygen atoms in total. The molecule has 0 saturated carbocycles. The molecule has 2 aromatic rings. The molecule has 4 rings (SSSR count). The van der Waals surface area contributed by atoms with Gasteiger partial charge in [-0.2, -0.15) is 0 Å². The van der Waals surface area contributed by atoms with Crippen molar-refractivity contribution in [3.8, 4) is 28.7 Å². The van der Waals surface area contributed by atoms with Crippen molar-refractivity contribution in [3.05, 3.63) is 53.0 Å². The summed E-state index contributed by atoms with van der Waals surface area (Å²) in [5.74, 6) is -3.37. The Balaban J connectivity index is 0.000000218. The fourth-order valence-electron chi connectivity index (χ4n) is 3.29. The third-order valence-corrected chi connectivity index (χ3v) is 4.99. The van der Waals surface area contributed by atoms with E-state index in [9.17, 15) is 30.3 Å². The fraction of sp³-hybridized carbons (Fsp3) is 0.286. The van der Waals surface area contributed by atoms with Gasteiger partial charge < -0.3 is 55.4 Å². The molecule has 0 aliphatic carbocycles. The van der Waals surface area contributed by atoms with Crippen LogP contribution in [-0.4, -0.2) is 76.8 Å². The minimum Gasteiger partial charge on any atom is -0.508 e. The van der Waals surface area contributed by atoms with E-state index in [1.807, 2.05) is 0 Å². The first-order chi connectivity index (χ1) is 15.5. The number of phenolic OH excluding ortho intramolecular Hbond substituents is 4. The summed E-state index contributed by atoms with van der Waals surface area (Å²) >= 11 is 0. The second-order valence-electron chi connectivity index (χ2n) is 7.31. The molecule has 2 aliphatic rings. The number of ether oxygens (including phenoxy) is 2. The van der Waals surface area contributed by atoms with Gasteiger partial charge in [0, 0.05) is 24.1 Å². The summed E-state index contributed by atoms with van der Waals surface area (Å²) in [5.41, 5.74) is 0.894. The zero-order chi connectivity index (χ0) is 24.4. The molecular weight excluding hydrogens is 444 g/mol. The zero-order valence-corrected chi connectivity index (χ0v) is 16.9. The summed E-state index contributed by atoms with van der Waals surface area (Å²) < 4.78 is 9.94. The number of carbonyl (C=O) groups excluding carboxylic acids is 1. The van der Waals surface area contributed by atoms with Crippen LogP contribution in [0.5, 0.6) is 28.7 Å². The van der Waals surface area contributed by atoms with Crippen molar-refractivity contribution in [1.29, 1.82) is 0 Å². The molecular formula is C21H22O12. The lowest BCUT2D eigenvalue weighted by molar-refractivity contribution is -0.147. The van der Waals surface area contributed by atoms with Gasteiger partial charge in [0.15, 0.2) is 23.4 Å².